The number of likely N-dealkylation sites (tertiary alicyclic amines) is 1. The van der Waals surface area contributed by atoms with Crippen LogP contribution in [0.25, 0.3) is 0 Å². The third-order valence-electron chi connectivity index (χ3n) is 4.17. The number of rotatable bonds is 5. The first-order valence-corrected chi connectivity index (χ1v) is 9.49. The van der Waals surface area contributed by atoms with Crippen molar-refractivity contribution in [1.82, 2.24) is 10.2 Å². The molecule has 3 heterocycles. The summed E-state index contributed by atoms with van der Waals surface area (Å²) >= 11 is 3.34. The van der Waals surface area contributed by atoms with E-state index in [9.17, 15) is 4.79 Å². The number of thiophene rings is 2. The van der Waals surface area contributed by atoms with Crippen LogP contribution in [-0.4, -0.2) is 29.9 Å². The van der Waals surface area contributed by atoms with Gasteiger partial charge in [-0.15, -0.1) is 22.7 Å². The van der Waals surface area contributed by atoms with Crippen LogP contribution >= 0.6 is 22.7 Å². The molecular weight excluding hydrogens is 312 g/mol. The average Bonchev–Trinajstić information content (AvgIpc) is 3.20. The largest absolute Gasteiger partial charge is 0.347 e. The third-order valence-corrected chi connectivity index (χ3v) is 6.11. The molecule has 2 aromatic rings. The van der Waals surface area contributed by atoms with Crippen molar-refractivity contribution in [2.24, 2.45) is 0 Å². The van der Waals surface area contributed by atoms with Gasteiger partial charge in [0.05, 0.1) is 10.9 Å². The molecule has 3 nitrogen and oxygen atoms in total. The summed E-state index contributed by atoms with van der Waals surface area (Å²) in [7, 11) is 0. The number of carbonyl (C=O) groups excluding carboxylic acids is 1. The first kappa shape index (κ1) is 15.7. The Morgan fingerprint density at radius 3 is 2.64 bits per heavy atom. The SMILES string of the molecule is Cc1ccc(C(=O)N[C@@H](C)[C@H](c2cccs2)N2CCCC2)s1. The van der Waals surface area contributed by atoms with Crippen molar-refractivity contribution in [3.63, 3.8) is 0 Å². The summed E-state index contributed by atoms with van der Waals surface area (Å²) in [5.74, 6) is 0.0475. The molecule has 0 bridgehead atoms. The van der Waals surface area contributed by atoms with E-state index in [4.69, 9.17) is 0 Å². The number of nitrogens with one attached hydrogen (secondary N) is 1. The van der Waals surface area contributed by atoms with Gasteiger partial charge in [0.25, 0.3) is 5.91 Å². The van der Waals surface area contributed by atoms with Crippen LogP contribution in [0.5, 0.6) is 0 Å². The zero-order chi connectivity index (χ0) is 15.5. The van der Waals surface area contributed by atoms with E-state index in [2.05, 4.69) is 34.7 Å². The zero-order valence-corrected chi connectivity index (χ0v) is 14.7. The Balaban J connectivity index is 1.74. The fourth-order valence-electron chi connectivity index (χ4n) is 3.14. The van der Waals surface area contributed by atoms with Crippen LogP contribution in [0.2, 0.25) is 0 Å². The fraction of sp³-hybridized carbons (Fsp3) is 0.471. The molecule has 1 aliphatic rings. The lowest BCUT2D eigenvalue weighted by molar-refractivity contribution is 0.0912. The molecule has 2 aromatic heterocycles. The summed E-state index contributed by atoms with van der Waals surface area (Å²) in [4.78, 5) is 18.3. The average molecular weight is 335 g/mol. The van der Waals surface area contributed by atoms with Gasteiger partial charge in [-0.2, -0.15) is 0 Å². The zero-order valence-electron chi connectivity index (χ0n) is 13.0. The molecule has 1 fully saturated rings. The van der Waals surface area contributed by atoms with Gasteiger partial charge >= 0.3 is 0 Å². The Hall–Kier alpha value is -1.17. The van der Waals surface area contributed by atoms with E-state index in [0.29, 0.717) is 0 Å². The van der Waals surface area contributed by atoms with Crippen molar-refractivity contribution < 1.29 is 4.79 Å². The normalized spacial score (nSPS) is 18.3. The number of amides is 1. The molecule has 3 rings (SSSR count). The summed E-state index contributed by atoms with van der Waals surface area (Å²) < 4.78 is 0. The van der Waals surface area contributed by atoms with E-state index < -0.39 is 0 Å². The van der Waals surface area contributed by atoms with Gasteiger partial charge < -0.3 is 5.32 Å². The Labute approximate surface area is 140 Å². The number of hydrogen-bond donors (Lipinski definition) is 1. The minimum Gasteiger partial charge on any atom is -0.347 e. The van der Waals surface area contributed by atoms with E-state index in [0.717, 1.165) is 18.0 Å². The molecule has 0 radical (unpaired) electrons. The molecular formula is C17H22N2OS2. The van der Waals surface area contributed by atoms with E-state index in [1.54, 1.807) is 22.7 Å². The van der Waals surface area contributed by atoms with Crippen molar-refractivity contribution in [2.75, 3.05) is 13.1 Å². The number of aryl methyl sites for hydroxylation is 1. The summed E-state index contributed by atoms with van der Waals surface area (Å²) in [6, 6.07) is 8.59. The molecule has 5 heteroatoms. The summed E-state index contributed by atoms with van der Waals surface area (Å²) in [5, 5.41) is 5.33. The van der Waals surface area contributed by atoms with Gasteiger partial charge in [0.1, 0.15) is 0 Å². The van der Waals surface area contributed by atoms with E-state index in [1.807, 2.05) is 19.1 Å². The van der Waals surface area contributed by atoms with E-state index >= 15 is 0 Å². The van der Waals surface area contributed by atoms with Gasteiger partial charge in [0.15, 0.2) is 0 Å². The summed E-state index contributed by atoms with van der Waals surface area (Å²) in [6.45, 7) is 6.41. The quantitative estimate of drug-likeness (QED) is 0.894. The predicted octanol–water partition coefficient (Wildman–Crippen LogP) is 4.07. The van der Waals surface area contributed by atoms with E-state index in [-0.39, 0.29) is 18.0 Å². The van der Waals surface area contributed by atoms with Gasteiger partial charge in [0.2, 0.25) is 0 Å². The molecule has 1 aliphatic heterocycles. The molecule has 0 saturated carbocycles. The van der Waals surface area contributed by atoms with Crippen LogP contribution < -0.4 is 5.32 Å². The second-order valence-corrected chi connectivity index (χ2v) is 8.14. The van der Waals surface area contributed by atoms with Crippen LogP contribution in [0, 0.1) is 6.92 Å². The molecule has 2 atom stereocenters. The van der Waals surface area contributed by atoms with Gasteiger partial charge in [-0.05, 0) is 63.4 Å². The molecule has 118 valence electrons. The first-order valence-electron chi connectivity index (χ1n) is 7.80. The molecule has 0 aromatic carbocycles. The third kappa shape index (κ3) is 3.42. The molecule has 1 amide bonds. The lowest BCUT2D eigenvalue weighted by Crippen LogP contribution is -2.43. The Morgan fingerprint density at radius 1 is 1.27 bits per heavy atom. The Bertz CT molecular complexity index is 614. The molecule has 0 aliphatic carbocycles. The number of nitrogens with zero attached hydrogens (tertiary/aromatic N) is 1. The highest BCUT2D eigenvalue weighted by Gasteiger charge is 2.30. The standard InChI is InChI=1S/C17H22N2OS2/c1-12-7-8-15(22-12)17(20)18-13(2)16(14-6-5-11-21-14)19-9-3-4-10-19/h5-8,11,13,16H,3-4,9-10H2,1-2H3,(H,18,20)/t13-,16+/m0/s1. The number of hydrogen-bond acceptors (Lipinski definition) is 4. The molecule has 22 heavy (non-hydrogen) atoms. The lowest BCUT2D eigenvalue weighted by Gasteiger charge is -2.32. The van der Waals surface area contributed by atoms with Gasteiger partial charge in [-0.25, -0.2) is 0 Å². The maximum absolute atomic E-state index is 12.4. The smallest absolute Gasteiger partial charge is 0.261 e. The van der Waals surface area contributed by atoms with Crippen LogP contribution in [0.3, 0.4) is 0 Å². The van der Waals surface area contributed by atoms with Gasteiger partial charge in [-0.1, -0.05) is 6.07 Å². The first-order chi connectivity index (χ1) is 10.6. The Morgan fingerprint density at radius 2 is 2.05 bits per heavy atom. The maximum Gasteiger partial charge on any atom is 0.261 e. The second kappa shape index (κ2) is 6.94. The topological polar surface area (TPSA) is 32.3 Å². The van der Waals surface area contributed by atoms with Crippen molar-refractivity contribution >= 4 is 28.6 Å². The van der Waals surface area contributed by atoms with Crippen LogP contribution in [0.4, 0.5) is 0 Å². The van der Waals surface area contributed by atoms with Crippen molar-refractivity contribution in [3.05, 3.63) is 44.3 Å². The molecule has 0 unspecified atom stereocenters. The lowest BCUT2D eigenvalue weighted by atomic mass is 10.1. The van der Waals surface area contributed by atoms with Crippen molar-refractivity contribution in [3.8, 4) is 0 Å². The molecule has 0 spiro atoms. The number of carbonyl (C=O) groups is 1. The monoisotopic (exact) mass is 334 g/mol. The molecule has 1 N–H and O–H groups in total. The van der Waals surface area contributed by atoms with E-state index in [1.165, 1.54) is 22.6 Å². The summed E-state index contributed by atoms with van der Waals surface area (Å²) in [5.41, 5.74) is 0. The molecule has 1 saturated heterocycles. The predicted molar refractivity (Wildman–Crippen MR) is 93.9 cm³/mol. The highest BCUT2D eigenvalue weighted by atomic mass is 32.1. The highest BCUT2D eigenvalue weighted by molar-refractivity contribution is 7.14. The minimum absolute atomic E-state index is 0.0475. The fourth-order valence-corrected chi connectivity index (χ4v) is 4.87. The van der Waals surface area contributed by atoms with Gasteiger partial charge in [0, 0.05) is 15.8 Å². The van der Waals surface area contributed by atoms with Gasteiger partial charge in [-0.3, -0.25) is 9.69 Å². The van der Waals surface area contributed by atoms with Crippen molar-refractivity contribution in [2.45, 2.75) is 38.8 Å². The maximum atomic E-state index is 12.4. The summed E-state index contributed by atoms with van der Waals surface area (Å²) in [6.07, 6.45) is 2.51. The highest BCUT2D eigenvalue weighted by Crippen LogP contribution is 2.31. The van der Waals surface area contributed by atoms with Crippen LogP contribution in [-0.2, 0) is 0 Å². The minimum atomic E-state index is 0.0475. The second-order valence-electron chi connectivity index (χ2n) is 5.88. The van der Waals surface area contributed by atoms with Crippen LogP contribution in [0.1, 0.15) is 45.2 Å². The van der Waals surface area contributed by atoms with Crippen LogP contribution in [0.15, 0.2) is 29.6 Å². The Kier molecular flexibility index (Phi) is 4.96. The van der Waals surface area contributed by atoms with Crippen molar-refractivity contribution in [1.29, 1.82) is 0 Å².